The standard InChI is InChI=1S/C8H12O5/c1-6(9)4-5-13-8(12)3-2-7(10)11/h2-3,6,9H,4-5H2,1H3,(H,10,11)/p-1/b3-2+/t6-/m0/s1. The van der Waals surface area contributed by atoms with E-state index in [1.807, 2.05) is 0 Å². The van der Waals surface area contributed by atoms with Crippen molar-refractivity contribution < 1.29 is 24.5 Å². The van der Waals surface area contributed by atoms with Crippen LogP contribution >= 0.6 is 0 Å². The molecule has 1 N–H and O–H groups in total. The summed E-state index contributed by atoms with van der Waals surface area (Å²) in [6.07, 6.45) is 1.13. The molecule has 0 rings (SSSR count). The summed E-state index contributed by atoms with van der Waals surface area (Å²) < 4.78 is 4.53. The van der Waals surface area contributed by atoms with Gasteiger partial charge in [0.05, 0.1) is 18.7 Å². The summed E-state index contributed by atoms with van der Waals surface area (Å²) in [6, 6.07) is 0. The molecule has 0 saturated carbocycles. The maximum absolute atomic E-state index is 10.6. The highest BCUT2D eigenvalue weighted by molar-refractivity contribution is 5.89. The Hall–Kier alpha value is -1.36. The van der Waals surface area contributed by atoms with Crippen molar-refractivity contribution in [3.8, 4) is 0 Å². The van der Waals surface area contributed by atoms with E-state index in [1.165, 1.54) is 0 Å². The number of carbonyl (C=O) groups excluding carboxylic acids is 2. The lowest BCUT2D eigenvalue weighted by Crippen LogP contribution is -2.19. The first-order valence-corrected chi connectivity index (χ1v) is 3.76. The van der Waals surface area contributed by atoms with Crippen LogP contribution in [0.2, 0.25) is 0 Å². The largest absolute Gasteiger partial charge is 0.545 e. The number of hydrogen-bond donors (Lipinski definition) is 1. The third-order valence-corrected chi connectivity index (χ3v) is 1.14. The van der Waals surface area contributed by atoms with Gasteiger partial charge in [-0.2, -0.15) is 0 Å². The molecular weight excluding hydrogens is 176 g/mol. The van der Waals surface area contributed by atoms with Crippen molar-refractivity contribution in [2.24, 2.45) is 0 Å². The molecule has 5 heteroatoms. The molecule has 0 aliphatic heterocycles. The molecule has 0 bridgehead atoms. The predicted octanol–water partition coefficient (Wildman–Crippen LogP) is -1.39. The second kappa shape index (κ2) is 6.19. The van der Waals surface area contributed by atoms with Gasteiger partial charge < -0.3 is 19.7 Å². The topological polar surface area (TPSA) is 86.7 Å². The van der Waals surface area contributed by atoms with E-state index >= 15 is 0 Å². The number of aliphatic carboxylic acids is 1. The van der Waals surface area contributed by atoms with Gasteiger partial charge in [-0.05, 0) is 13.0 Å². The molecule has 5 nitrogen and oxygen atoms in total. The molecule has 0 heterocycles. The van der Waals surface area contributed by atoms with Gasteiger partial charge in [0.2, 0.25) is 0 Å². The molecule has 0 aromatic carbocycles. The number of aliphatic hydroxyl groups excluding tert-OH is 1. The van der Waals surface area contributed by atoms with Gasteiger partial charge in [-0.3, -0.25) is 0 Å². The Morgan fingerprint density at radius 1 is 1.54 bits per heavy atom. The van der Waals surface area contributed by atoms with Crippen LogP contribution in [0.1, 0.15) is 13.3 Å². The third kappa shape index (κ3) is 8.55. The van der Waals surface area contributed by atoms with Gasteiger partial charge in [-0.25, -0.2) is 4.79 Å². The molecule has 0 aromatic heterocycles. The number of carboxylic acids is 1. The maximum atomic E-state index is 10.6. The number of carbonyl (C=O) groups is 2. The molecule has 0 radical (unpaired) electrons. The van der Waals surface area contributed by atoms with Crippen LogP contribution in [0.3, 0.4) is 0 Å². The van der Waals surface area contributed by atoms with Crippen LogP contribution < -0.4 is 5.11 Å². The Kier molecular flexibility index (Phi) is 5.54. The summed E-state index contributed by atoms with van der Waals surface area (Å²) in [5.74, 6) is -2.21. The Morgan fingerprint density at radius 3 is 2.62 bits per heavy atom. The average molecular weight is 187 g/mol. The second-order valence-electron chi connectivity index (χ2n) is 2.46. The van der Waals surface area contributed by atoms with Gasteiger partial charge in [0.1, 0.15) is 0 Å². The monoisotopic (exact) mass is 187 g/mol. The highest BCUT2D eigenvalue weighted by Gasteiger charge is 1.99. The van der Waals surface area contributed by atoms with Crippen LogP contribution in [0.5, 0.6) is 0 Å². The maximum Gasteiger partial charge on any atom is 0.330 e. The fraction of sp³-hybridized carbons (Fsp3) is 0.500. The lowest BCUT2D eigenvalue weighted by molar-refractivity contribution is -0.297. The van der Waals surface area contributed by atoms with E-state index in [0.29, 0.717) is 12.5 Å². The van der Waals surface area contributed by atoms with Crippen LogP contribution in [-0.2, 0) is 14.3 Å². The molecule has 0 spiro atoms. The molecule has 0 saturated heterocycles. The first-order chi connectivity index (χ1) is 6.02. The molecule has 1 atom stereocenters. The highest BCUT2D eigenvalue weighted by atomic mass is 16.5. The van der Waals surface area contributed by atoms with Crippen LogP contribution in [0.15, 0.2) is 12.2 Å². The molecule has 0 unspecified atom stereocenters. The molecule has 0 aromatic rings. The number of esters is 1. The van der Waals surface area contributed by atoms with E-state index in [1.54, 1.807) is 6.92 Å². The summed E-state index contributed by atoms with van der Waals surface area (Å²) in [5.41, 5.74) is 0. The number of ether oxygens (including phenoxy) is 1. The van der Waals surface area contributed by atoms with Gasteiger partial charge in [-0.1, -0.05) is 0 Å². The van der Waals surface area contributed by atoms with Gasteiger partial charge in [-0.15, -0.1) is 0 Å². The minimum atomic E-state index is -1.45. The lowest BCUT2D eigenvalue weighted by Gasteiger charge is -2.03. The average Bonchev–Trinajstić information content (AvgIpc) is 2.00. The van der Waals surface area contributed by atoms with Crippen molar-refractivity contribution in [2.75, 3.05) is 6.61 Å². The number of carboxylic acid groups (broad SMARTS) is 1. The molecule has 0 fully saturated rings. The van der Waals surface area contributed by atoms with Crippen LogP contribution in [0, 0.1) is 0 Å². The molecule has 0 aliphatic rings. The normalized spacial score (nSPS) is 12.8. The smallest absolute Gasteiger partial charge is 0.330 e. The van der Waals surface area contributed by atoms with Crippen LogP contribution in [0.4, 0.5) is 0 Å². The van der Waals surface area contributed by atoms with Crippen molar-refractivity contribution in [3.63, 3.8) is 0 Å². The zero-order valence-electron chi connectivity index (χ0n) is 7.23. The zero-order chi connectivity index (χ0) is 10.3. The van der Waals surface area contributed by atoms with Crippen molar-refractivity contribution in [1.82, 2.24) is 0 Å². The number of aliphatic hydroxyl groups is 1. The van der Waals surface area contributed by atoms with E-state index in [0.717, 1.165) is 6.08 Å². The SMILES string of the molecule is C[C@H](O)CCOC(=O)/C=C/C(=O)[O-]. The molecule has 13 heavy (non-hydrogen) atoms. The Morgan fingerprint density at radius 2 is 2.15 bits per heavy atom. The van der Waals surface area contributed by atoms with Crippen molar-refractivity contribution >= 4 is 11.9 Å². The molecule has 0 amide bonds. The third-order valence-electron chi connectivity index (χ3n) is 1.14. The second-order valence-corrected chi connectivity index (χ2v) is 2.46. The summed E-state index contributed by atoms with van der Waals surface area (Å²) >= 11 is 0. The van der Waals surface area contributed by atoms with Gasteiger partial charge in [0.25, 0.3) is 0 Å². The van der Waals surface area contributed by atoms with E-state index in [9.17, 15) is 14.7 Å². The zero-order valence-corrected chi connectivity index (χ0v) is 7.23. The molecular formula is C8H11O5-. The van der Waals surface area contributed by atoms with Gasteiger partial charge in [0, 0.05) is 12.5 Å². The minimum Gasteiger partial charge on any atom is -0.545 e. The van der Waals surface area contributed by atoms with Crippen LogP contribution in [-0.4, -0.2) is 29.8 Å². The van der Waals surface area contributed by atoms with E-state index < -0.39 is 18.0 Å². The van der Waals surface area contributed by atoms with E-state index in [2.05, 4.69) is 4.74 Å². The summed E-state index contributed by atoms with van der Waals surface area (Å²) in [5, 5.41) is 18.6. The first kappa shape index (κ1) is 11.6. The quantitative estimate of drug-likeness (QED) is 0.423. The predicted molar refractivity (Wildman–Crippen MR) is 41.4 cm³/mol. The number of rotatable bonds is 5. The van der Waals surface area contributed by atoms with E-state index in [4.69, 9.17) is 5.11 Å². The fourth-order valence-electron chi connectivity index (χ4n) is 0.514. The van der Waals surface area contributed by atoms with E-state index in [-0.39, 0.29) is 6.61 Å². The summed E-state index contributed by atoms with van der Waals surface area (Å²) in [7, 11) is 0. The van der Waals surface area contributed by atoms with Gasteiger partial charge in [0.15, 0.2) is 0 Å². The van der Waals surface area contributed by atoms with Crippen molar-refractivity contribution in [1.29, 1.82) is 0 Å². The highest BCUT2D eigenvalue weighted by Crippen LogP contribution is 1.91. The Bertz CT molecular complexity index is 207. The fourth-order valence-corrected chi connectivity index (χ4v) is 0.514. The lowest BCUT2D eigenvalue weighted by atomic mass is 10.3. The van der Waals surface area contributed by atoms with Gasteiger partial charge >= 0.3 is 5.97 Å². The minimum absolute atomic E-state index is 0.0634. The van der Waals surface area contributed by atoms with Crippen molar-refractivity contribution in [3.05, 3.63) is 12.2 Å². The first-order valence-electron chi connectivity index (χ1n) is 3.76. The molecule has 0 aliphatic carbocycles. The van der Waals surface area contributed by atoms with Crippen molar-refractivity contribution in [2.45, 2.75) is 19.4 Å². The molecule has 74 valence electrons. The Labute approximate surface area is 75.6 Å². The number of hydrogen-bond acceptors (Lipinski definition) is 5. The Balaban J connectivity index is 3.58. The summed E-state index contributed by atoms with van der Waals surface area (Å²) in [6.45, 7) is 1.62. The summed E-state index contributed by atoms with van der Waals surface area (Å²) in [4.78, 5) is 20.5. The van der Waals surface area contributed by atoms with Crippen LogP contribution in [0.25, 0.3) is 0 Å².